The van der Waals surface area contributed by atoms with Crippen molar-refractivity contribution in [3.05, 3.63) is 45.1 Å². The summed E-state index contributed by atoms with van der Waals surface area (Å²) in [6.45, 7) is 8.15. The zero-order valence-electron chi connectivity index (χ0n) is 18.3. The van der Waals surface area contributed by atoms with E-state index in [2.05, 4.69) is 25.7 Å². The fourth-order valence-corrected chi connectivity index (χ4v) is 4.15. The number of nitrogens with zero attached hydrogens (tertiary/aromatic N) is 5. The molecular formula is C22H29N5O3. The number of imidazole rings is 1. The molecule has 0 bridgehead atoms. The molecule has 3 heterocycles. The van der Waals surface area contributed by atoms with Gasteiger partial charge in [0.1, 0.15) is 5.75 Å². The van der Waals surface area contributed by atoms with Crippen molar-refractivity contribution in [3.8, 4) is 5.75 Å². The molecule has 4 rings (SSSR count). The molecule has 0 saturated carbocycles. The topological polar surface area (TPSA) is 74.3 Å². The number of aryl methyl sites for hydroxylation is 1. The third kappa shape index (κ3) is 3.20. The van der Waals surface area contributed by atoms with Gasteiger partial charge < -0.3 is 14.2 Å². The fraction of sp³-hybridized carbons (Fsp3) is 0.500. The van der Waals surface area contributed by atoms with E-state index in [4.69, 9.17) is 9.72 Å². The number of ether oxygens (including phenoxy) is 1. The maximum absolute atomic E-state index is 13.4. The van der Waals surface area contributed by atoms with Gasteiger partial charge in [-0.3, -0.25) is 13.9 Å². The third-order valence-electron chi connectivity index (χ3n) is 5.75. The summed E-state index contributed by atoms with van der Waals surface area (Å²) in [5, 5.41) is 0. The number of anilines is 2. The second-order valence-corrected chi connectivity index (χ2v) is 8.56. The van der Waals surface area contributed by atoms with Crippen LogP contribution in [0.25, 0.3) is 11.2 Å². The van der Waals surface area contributed by atoms with Gasteiger partial charge in [0, 0.05) is 26.7 Å². The number of benzene rings is 1. The molecule has 1 aliphatic heterocycles. The van der Waals surface area contributed by atoms with Gasteiger partial charge in [-0.15, -0.1) is 0 Å². The molecule has 0 amide bonds. The van der Waals surface area contributed by atoms with Crippen molar-refractivity contribution in [1.29, 1.82) is 0 Å². The predicted octanol–water partition coefficient (Wildman–Crippen LogP) is 2.74. The molecule has 0 fully saturated rings. The SMILES string of the molecule is COc1ccccc1N1CC(C)Cn2c1nc1c2c(=O)n(CCC(C)C)c(=O)n1C. The Kier molecular flexibility index (Phi) is 5.17. The van der Waals surface area contributed by atoms with Crippen molar-refractivity contribution in [2.75, 3.05) is 18.6 Å². The lowest BCUT2D eigenvalue weighted by Gasteiger charge is -2.33. The molecular weight excluding hydrogens is 382 g/mol. The zero-order chi connectivity index (χ0) is 21.6. The smallest absolute Gasteiger partial charge is 0.332 e. The fourth-order valence-electron chi connectivity index (χ4n) is 4.15. The molecule has 2 aromatic heterocycles. The number of methoxy groups -OCH3 is 1. The summed E-state index contributed by atoms with van der Waals surface area (Å²) < 4.78 is 10.4. The van der Waals surface area contributed by atoms with Crippen LogP contribution in [0.1, 0.15) is 27.2 Å². The van der Waals surface area contributed by atoms with Crippen LogP contribution in [0.2, 0.25) is 0 Å². The molecule has 160 valence electrons. The number of para-hydroxylation sites is 2. The molecule has 1 unspecified atom stereocenters. The zero-order valence-corrected chi connectivity index (χ0v) is 18.3. The van der Waals surface area contributed by atoms with Crippen LogP contribution in [-0.2, 0) is 20.1 Å². The Labute approximate surface area is 175 Å². The summed E-state index contributed by atoms with van der Waals surface area (Å²) >= 11 is 0. The summed E-state index contributed by atoms with van der Waals surface area (Å²) in [6, 6.07) is 7.78. The summed E-state index contributed by atoms with van der Waals surface area (Å²) in [5.41, 5.74) is 1.23. The number of fused-ring (bicyclic) bond motifs is 3. The van der Waals surface area contributed by atoms with Crippen molar-refractivity contribution in [3.63, 3.8) is 0 Å². The Bertz CT molecular complexity index is 1200. The molecule has 0 N–H and O–H groups in total. The van der Waals surface area contributed by atoms with Gasteiger partial charge in [-0.1, -0.05) is 32.9 Å². The van der Waals surface area contributed by atoms with Crippen molar-refractivity contribution < 1.29 is 4.74 Å². The second kappa shape index (κ2) is 7.66. The largest absolute Gasteiger partial charge is 0.495 e. The molecule has 0 aliphatic carbocycles. The minimum absolute atomic E-state index is 0.262. The predicted molar refractivity (Wildman–Crippen MR) is 118 cm³/mol. The Morgan fingerprint density at radius 2 is 1.93 bits per heavy atom. The first kappa shape index (κ1) is 20.3. The highest BCUT2D eigenvalue weighted by Gasteiger charge is 2.31. The van der Waals surface area contributed by atoms with E-state index in [-0.39, 0.29) is 11.2 Å². The molecule has 1 aliphatic rings. The average Bonchev–Trinajstić information content (AvgIpc) is 3.11. The first-order valence-corrected chi connectivity index (χ1v) is 10.4. The van der Waals surface area contributed by atoms with Gasteiger partial charge in [-0.25, -0.2) is 4.79 Å². The van der Waals surface area contributed by atoms with Crippen LogP contribution >= 0.6 is 0 Å². The van der Waals surface area contributed by atoms with Gasteiger partial charge in [-0.2, -0.15) is 4.98 Å². The number of aromatic nitrogens is 4. The Morgan fingerprint density at radius 3 is 2.63 bits per heavy atom. The summed E-state index contributed by atoms with van der Waals surface area (Å²) in [5.74, 6) is 2.10. The van der Waals surface area contributed by atoms with E-state index in [0.29, 0.717) is 42.0 Å². The molecule has 0 radical (unpaired) electrons. The first-order valence-electron chi connectivity index (χ1n) is 10.4. The van der Waals surface area contributed by atoms with Crippen LogP contribution < -0.4 is 20.9 Å². The van der Waals surface area contributed by atoms with E-state index >= 15 is 0 Å². The molecule has 0 saturated heterocycles. The normalized spacial score (nSPS) is 16.3. The molecule has 8 nitrogen and oxygen atoms in total. The van der Waals surface area contributed by atoms with Crippen LogP contribution in [0.15, 0.2) is 33.9 Å². The maximum atomic E-state index is 13.4. The Balaban J connectivity index is 1.96. The molecule has 3 aromatic rings. The standard InChI is InChI=1S/C22H29N5O3/c1-14(2)10-11-25-20(28)18-19(24(4)22(25)29)23-21-26(12-15(3)13-27(18)21)16-8-6-7-9-17(16)30-5/h6-9,14-15H,10-13H2,1-5H3. The van der Waals surface area contributed by atoms with Gasteiger partial charge >= 0.3 is 5.69 Å². The van der Waals surface area contributed by atoms with Crippen LogP contribution in [0.3, 0.4) is 0 Å². The Morgan fingerprint density at radius 1 is 1.20 bits per heavy atom. The number of hydrogen-bond donors (Lipinski definition) is 0. The average molecular weight is 412 g/mol. The van der Waals surface area contributed by atoms with Crippen LogP contribution in [0, 0.1) is 11.8 Å². The summed E-state index contributed by atoms with van der Waals surface area (Å²) in [7, 11) is 3.33. The van der Waals surface area contributed by atoms with Gasteiger partial charge in [0.15, 0.2) is 11.2 Å². The highest BCUT2D eigenvalue weighted by Crippen LogP contribution is 2.37. The molecule has 1 aromatic carbocycles. The van der Waals surface area contributed by atoms with Gasteiger partial charge in [0.25, 0.3) is 5.56 Å². The van der Waals surface area contributed by atoms with E-state index in [1.165, 1.54) is 9.13 Å². The van der Waals surface area contributed by atoms with E-state index < -0.39 is 0 Å². The monoisotopic (exact) mass is 411 g/mol. The van der Waals surface area contributed by atoms with E-state index in [0.717, 1.165) is 24.4 Å². The van der Waals surface area contributed by atoms with Crippen LogP contribution in [0.4, 0.5) is 11.6 Å². The number of rotatable bonds is 5. The minimum atomic E-state index is -0.319. The molecule has 0 spiro atoms. The van der Waals surface area contributed by atoms with Crippen molar-refractivity contribution in [1.82, 2.24) is 18.7 Å². The summed E-state index contributed by atoms with van der Waals surface area (Å²) in [4.78, 5) is 33.1. The third-order valence-corrected chi connectivity index (χ3v) is 5.75. The maximum Gasteiger partial charge on any atom is 0.332 e. The first-order chi connectivity index (χ1) is 14.3. The highest BCUT2D eigenvalue weighted by molar-refractivity contribution is 5.78. The van der Waals surface area contributed by atoms with E-state index in [9.17, 15) is 9.59 Å². The lowest BCUT2D eigenvalue weighted by atomic mass is 10.1. The van der Waals surface area contributed by atoms with E-state index in [1.807, 2.05) is 28.8 Å². The van der Waals surface area contributed by atoms with Crippen molar-refractivity contribution in [2.24, 2.45) is 18.9 Å². The van der Waals surface area contributed by atoms with E-state index in [1.54, 1.807) is 14.2 Å². The Hall–Kier alpha value is -3.03. The van der Waals surface area contributed by atoms with Crippen LogP contribution in [0.5, 0.6) is 5.75 Å². The quantitative estimate of drug-likeness (QED) is 0.645. The van der Waals surface area contributed by atoms with Gasteiger partial charge in [0.05, 0.1) is 12.8 Å². The van der Waals surface area contributed by atoms with Gasteiger partial charge in [0.2, 0.25) is 5.95 Å². The minimum Gasteiger partial charge on any atom is -0.495 e. The lowest BCUT2D eigenvalue weighted by Crippen LogP contribution is -2.40. The highest BCUT2D eigenvalue weighted by atomic mass is 16.5. The molecule has 8 heteroatoms. The summed E-state index contributed by atoms with van der Waals surface area (Å²) in [6.07, 6.45) is 0.769. The van der Waals surface area contributed by atoms with Gasteiger partial charge in [-0.05, 0) is 30.4 Å². The number of hydrogen-bond acceptors (Lipinski definition) is 5. The lowest BCUT2D eigenvalue weighted by molar-refractivity contribution is 0.409. The van der Waals surface area contributed by atoms with Crippen molar-refractivity contribution >= 4 is 22.8 Å². The van der Waals surface area contributed by atoms with Crippen molar-refractivity contribution in [2.45, 2.75) is 40.3 Å². The second-order valence-electron chi connectivity index (χ2n) is 8.56. The van der Waals surface area contributed by atoms with Crippen LogP contribution in [-0.4, -0.2) is 32.3 Å². The molecule has 30 heavy (non-hydrogen) atoms. The molecule has 1 atom stereocenters.